The van der Waals surface area contributed by atoms with Gasteiger partial charge in [-0.3, -0.25) is 0 Å². The molecule has 2 heterocycles. The molecule has 19 heavy (non-hydrogen) atoms. The zero-order valence-electron chi connectivity index (χ0n) is 10.5. The molecular formula is C14H15N3O2. The summed E-state index contributed by atoms with van der Waals surface area (Å²) in [6, 6.07) is 7.40. The second-order valence-electron chi connectivity index (χ2n) is 4.77. The zero-order chi connectivity index (χ0) is 13.4. The number of nitrogen functional groups attached to an aromatic ring is 1. The van der Waals surface area contributed by atoms with Gasteiger partial charge in [0.05, 0.1) is 5.69 Å². The van der Waals surface area contributed by atoms with Crippen LogP contribution in [-0.2, 0) is 13.0 Å². The molecule has 1 aliphatic rings. The highest BCUT2D eigenvalue weighted by Gasteiger charge is 2.24. The second-order valence-corrected chi connectivity index (χ2v) is 4.77. The van der Waals surface area contributed by atoms with Crippen molar-refractivity contribution in [1.29, 1.82) is 0 Å². The van der Waals surface area contributed by atoms with Crippen LogP contribution in [0.1, 0.15) is 29.0 Å². The zero-order valence-corrected chi connectivity index (χ0v) is 10.5. The monoisotopic (exact) mass is 257 g/mol. The molecule has 3 rings (SSSR count). The molecule has 98 valence electrons. The first-order valence-corrected chi connectivity index (χ1v) is 6.35. The van der Waals surface area contributed by atoms with Gasteiger partial charge in [0.2, 0.25) is 0 Å². The molecule has 1 aromatic carbocycles. The van der Waals surface area contributed by atoms with Gasteiger partial charge < -0.3 is 15.4 Å². The topological polar surface area (TPSA) is 81.1 Å². The number of anilines is 1. The molecule has 0 saturated heterocycles. The number of aromatic nitrogens is 2. The summed E-state index contributed by atoms with van der Waals surface area (Å²) in [5, 5.41) is 9.26. The Hall–Kier alpha value is -2.30. The van der Waals surface area contributed by atoms with Crippen LogP contribution in [0.4, 0.5) is 5.69 Å². The van der Waals surface area contributed by atoms with Gasteiger partial charge in [0.15, 0.2) is 5.69 Å². The Bertz CT molecular complexity index is 646. The fraction of sp³-hybridized carbons (Fsp3) is 0.286. The number of nitrogens with zero attached hydrogens (tertiary/aromatic N) is 2. The number of benzene rings is 1. The minimum absolute atomic E-state index is 0.178. The second kappa shape index (κ2) is 4.42. The number of carbonyl (C=O) groups is 1. The van der Waals surface area contributed by atoms with Crippen LogP contribution in [0.5, 0.6) is 0 Å². The molecule has 0 amide bonds. The summed E-state index contributed by atoms with van der Waals surface area (Å²) in [6.45, 7) is 0.819. The number of fused-ring (bicyclic) bond motifs is 1. The van der Waals surface area contributed by atoms with Gasteiger partial charge in [0.25, 0.3) is 0 Å². The SMILES string of the molecule is Nc1cccc(-c2nc(C(=O)O)c3n2CCCC3)c1. The lowest BCUT2D eigenvalue weighted by atomic mass is 10.1. The molecule has 5 nitrogen and oxygen atoms in total. The van der Waals surface area contributed by atoms with Crippen LogP contribution in [0.3, 0.4) is 0 Å². The predicted molar refractivity (Wildman–Crippen MR) is 72.0 cm³/mol. The lowest BCUT2D eigenvalue weighted by Gasteiger charge is -2.17. The molecule has 0 saturated carbocycles. The number of hydrogen-bond donors (Lipinski definition) is 2. The van der Waals surface area contributed by atoms with E-state index in [0.717, 1.165) is 37.1 Å². The van der Waals surface area contributed by atoms with Crippen LogP contribution in [0.15, 0.2) is 24.3 Å². The first kappa shape index (κ1) is 11.8. The number of imidazole rings is 1. The average Bonchev–Trinajstić information content (AvgIpc) is 2.78. The third-order valence-corrected chi connectivity index (χ3v) is 3.47. The van der Waals surface area contributed by atoms with Crippen LogP contribution >= 0.6 is 0 Å². The largest absolute Gasteiger partial charge is 0.476 e. The maximum Gasteiger partial charge on any atom is 0.356 e. The summed E-state index contributed by atoms with van der Waals surface area (Å²) in [4.78, 5) is 15.6. The van der Waals surface area contributed by atoms with E-state index in [4.69, 9.17) is 5.73 Å². The summed E-state index contributed by atoms with van der Waals surface area (Å²) < 4.78 is 2.02. The van der Waals surface area contributed by atoms with Crippen molar-refractivity contribution in [1.82, 2.24) is 9.55 Å². The van der Waals surface area contributed by atoms with Gasteiger partial charge in [0.1, 0.15) is 5.82 Å². The minimum atomic E-state index is -0.958. The van der Waals surface area contributed by atoms with Crippen molar-refractivity contribution in [3.63, 3.8) is 0 Å². The van der Waals surface area contributed by atoms with Crippen molar-refractivity contribution in [2.24, 2.45) is 0 Å². The van der Waals surface area contributed by atoms with E-state index in [2.05, 4.69) is 4.98 Å². The van der Waals surface area contributed by atoms with Crippen molar-refractivity contribution in [3.05, 3.63) is 35.7 Å². The van der Waals surface area contributed by atoms with Gasteiger partial charge in [-0.1, -0.05) is 12.1 Å². The van der Waals surface area contributed by atoms with Crippen LogP contribution in [-0.4, -0.2) is 20.6 Å². The van der Waals surface area contributed by atoms with E-state index >= 15 is 0 Å². The van der Waals surface area contributed by atoms with E-state index in [-0.39, 0.29) is 5.69 Å². The number of nitrogens with two attached hydrogens (primary N) is 1. The summed E-state index contributed by atoms with van der Waals surface area (Å²) in [5.41, 5.74) is 8.32. The Labute approximate surface area is 110 Å². The van der Waals surface area contributed by atoms with Gasteiger partial charge in [-0.25, -0.2) is 9.78 Å². The molecule has 1 aliphatic heterocycles. The van der Waals surface area contributed by atoms with Crippen LogP contribution in [0.2, 0.25) is 0 Å². The quantitative estimate of drug-likeness (QED) is 0.808. The van der Waals surface area contributed by atoms with E-state index in [1.54, 1.807) is 0 Å². The molecule has 0 radical (unpaired) electrons. The normalized spacial score (nSPS) is 14.1. The maximum absolute atomic E-state index is 11.3. The van der Waals surface area contributed by atoms with E-state index in [1.165, 1.54) is 0 Å². The molecule has 0 fully saturated rings. The summed E-state index contributed by atoms with van der Waals surface area (Å²) in [7, 11) is 0. The lowest BCUT2D eigenvalue weighted by Crippen LogP contribution is -2.13. The number of carboxylic acids is 1. The molecule has 5 heteroatoms. The maximum atomic E-state index is 11.3. The Morgan fingerprint density at radius 1 is 1.37 bits per heavy atom. The number of hydrogen-bond acceptors (Lipinski definition) is 3. The van der Waals surface area contributed by atoms with E-state index < -0.39 is 5.97 Å². The van der Waals surface area contributed by atoms with Gasteiger partial charge in [-0.15, -0.1) is 0 Å². The van der Waals surface area contributed by atoms with Crippen LogP contribution in [0.25, 0.3) is 11.4 Å². The van der Waals surface area contributed by atoms with Gasteiger partial charge in [-0.2, -0.15) is 0 Å². The molecule has 1 aromatic heterocycles. The minimum Gasteiger partial charge on any atom is -0.476 e. The smallest absolute Gasteiger partial charge is 0.356 e. The molecule has 3 N–H and O–H groups in total. The molecular weight excluding hydrogens is 242 g/mol. The lowest BCUT2D eigenvalue weighted by molar-refractivity contribution is 0.0689. The average molecular weight is 257 g/mol. The molecule has 0 unspecified atom stereocenters. The molecule has 0 spiro atoms. The third kappa shape index (κ3) is 1.97. The highest BCUT2D eigenvalue weighted by molar-refractivity contribution is 5.88. The third-order valence-electron chi connectivity index (χ3n) is 3.47. The first-order chi connectivity index (χ1) is 9.16. The van der Waals surface area contributed by atoms with Gasteiger partial charge in [-0.05, 0) is 31.4 Å². The fourth-order valence-corrected chi connectivity index (χ4v) is 2.61. The summed E-state index contributed by atoms with van der Waals surface area (Å²) in [5.74, 6) is -0.250. The number of carboxylic acid groups (broad SMARTS) is 1. The molecule has 0 aliphatic carbocycles. The predicted octanol–water partition coefficient (Wildman–Crippen LogP) is 2.17. The summed E-state index contributed by atoms with van der Waals surface area (Å²) in [6.07, 6.45) is 2.84. The van der Waals surface area contributed by atoms with Gasteiger partial charge in [0, 0.05) is 17.8 Å². The highest BCUT2D eigenvalue weighted by Crippen LogP contribution is 2.28. The number of aromatic carboxylic acids is 1. The Kier molecular flexibility index (Phi) is 2.74. The van der Waals surface area contributed by atoms with Crippen molar-refractivity contribution < 1.29 is 9.90 Å². The standard InChI is InChI=1S/C14H15N3O2/c15-10-5-3-4-9(8-10)13-16-12(14(18)19)11-6-1-2-7-17(11)13/h3-5,8H,1-2,6-7,15H2,(H,18,19). The number of rotatable bonds is 2. The Morgan fingerprint density at radius 2 is 2.21 bits per heavy atom. The molecule has 0 bridgehead atoms. The first-order valence-electron chi connectivity index (χ1n) is 6.35. The van der Waals surface area contributed by atoms with Crippen molar-refractivity contribution in [2.45, 2.75) is 25.8 Å². The summed E-state index contributed by atoms with van der Waals surface area (Å²) >= 11 is 0. The fourth-order valence-electron chi connectivity index (χ4n) is 2.61. The van der Waals surface area contributed by atoms with E-state index in [1.807, 2.05) is 28.8 Å². The highest BCUT2D eigenvalue weighted by atomic mass is 16.4. The van der Waals surface area contributed by atoms with Crippen LogP contribution < -0.4 is 5.73 Å². The molecule has 0 atom stereocenters. The van der Waals surface area contributed by atoms with Crippen molar-refractivity contribution in [2.75, 3.05) is 5.73 Å². The van der Waals surface area contributed by atoms with E-state index in [9.17, 15) is 9.90 Å². The Balaban J connectivity index is 2.19. The Morgan fingerprint density at radius 3 is 2.95 bits per heavy atom. The van der Waals surface area contributed by atoms with Crippen LogP contribution in [0, 0.1) is 0 Å². The van der Waals surface area contributed by atoms with Crippen molar-refractivity contribution in [3.8, 4) is 11.4 Å². The molecule has 2 aromatic rings. The van der Waals surface area contributed by atoms with E-state index in [0.29, 0.717) is 11.5 Å². The van der Waals surface area contributed by atoms with Gasteiger partial charge >= 0.3 is 5.97 Å². The van der Waals surface area contributed by atoms with Crippen molar-refractivity contribution >= 4 is 11.7 Å².